The first-order valence-corrected chi connectivity index (χ1v) is 3.96. The van der Waals surface area contributed by atoms with E-state index >= 15 is 0 Å². The lowest BCUT2D eigenvalue weighted by molar-refractivity contribution is -0.141. The molecule has 0 radical (unpaired) electrons. The molecular weight excluding hydrogens is 213 g/mol. The highest BCUT2D eigenvalue weighted by atomic mass is 19.4. The molecule has 0 fully saturated rings. The number of aromatic nitrogens is 2. The van der Waals surface area contributed by atoms with Gasteiger partial charge in [0.15, 0.2) is 11.3 Å². The molecule has 15 heavy (non-hydrogen) atoms. The van der Waals surface area contributed by atoms with Crippen molar-refractivity contribution < 1.29 is 17.7 Å². The molecule has 7 heteroatoms. The SMILES string of the molecule is Cc1c(C(F)(F)F)nc2ccon2c1=O. The number of hydrogen-bond donors (Lipinski definition) is 0. The van der Waals surface area contributed by atoms with Crippen LogP contribution >= 0.6 is 0 Å². The Hall–Kier alpha value is -1.79. The van der Waals surface area contributed by atoms with Gasteiger partial charge in [-0.05, 0) is 6.92 Å². The van der Waals surface area contributed by atoms with Crippen LogP contribution in [-0.2, 0) is 6.18 Å². The van der Waals surface area contributed by atoms with Crippen molar-refractivity contribution >= 4 is 5.65 Å². The van der Waals surface area contributed by atoms with Crippen molar-refractivity contribution in [1.82, 2.24) is 9.56 Å². The average Bonchev–Trinajstić information content (AvgIpc) is 2.57. The van der Waals surface area contributed by atoms with Crippen molar-refractivity contribution in [3.63, 3.8) is 0 Å². The molecule has 0 spiro atoms. The molecule has 0 aliphatic heterocycles. The third-order valence-corrected chi connectivity index (χ3v) is 1.95. The topological polar surface area (TPSA) is 47.5 Å². The zero-order chi connectivity index (χ0) is 11.2. The summed E-state index contributed by atoms with van der Waals surface area (Å²) in [5.41, 5.74) is -2.65. The quantitative estimate of drug-likeness (QED) is 0.674. The fraction of sp³-hybridized carbons (Fsp3) is 0.250. The van der Waals surface area contributed by atoms with Crippen molar-refractivity contribution in [2.24, 2.45) is 0 Å². The summed E-state index contributed by atoms with van der Waals surface area (Å²) in [6.45, 7) is 1.06. The number of alkyl halides is 3. The maximum Gasteiger partial charge on any atom is 0.433 e. The summed E-state index contributed by atoms with van der Waals surface area (Å²) in [7, 11) is 0. The van der Waals surface area contributed by atoms with E-state index in [1.54, 1.807) is 0 Å². The molecule has 0 amide bonds. The number of hydrogen-bond acceptors (Lipinski definition) is 3. The Morgan fingerprint density at radius 1 is 1.47 bits per heavy atom. The van der Waals surface area contributed by atoms with E-state index in [0.717, 1.165) is 13.2 Å². The summed E-state index contributed by atoms with van der Waals surface area (Å²) < 4.78 is 42.6. The molecule has 0 aliphatic rings. The first-order valence-electron chi connectivity index (χ1n) is 3.96. The van der Waals surface area contributed by atoms with Crippen LogP contribution in [0.3, 0.4) is 0 Å². The molecule has 0 unspecified atom stereocenters. The molecule has 4 nitrogen and oxygen atoms in total. The molecule has 2 aromatic rings. The Labute approximate surface area is 80.9 Å². The van der Waals surface area contributed by atoms with E-state index in [2.05, 4.69) is 9.51 Å². The van der Waals surface area contributed by atoms with Crippen LogP contribution < -0.4 is 5.56 Å². The molecule has 0 saturated carbocycles. The van der Waals surface area contributed by atoms with Gasteiger partial charge < -0.3 is 4.52 Å². The summed E-state index contributed by atoms with van der Waals surface area (Å²) in [5, 5.41) is 0. The van der Waals surface area contributed by atoms with E-state index in [4.69, 9.17) is 0 Å². The Balaban J connectivity index is 2.88. The van der Waals surface area contributed by atoms with Crippen LogP contribution in [0.1, 0.15) is 11.3 Å². The van der Waals surface area contributed by atoms with Crippen molar-refractivity contribution in [2.45, 2.75) is 13.1 Å². The summed E-state index contributed by atoms with van der Waals surface area (Å²) >= 11 is 0. The smallest absolute Gasteiger partial charge is 0.378 e. The highest BCUT2D eigenvalue weighted by Gasteiger charge is 2.36. The minimum Gasteiger partial charge on any atom is -0.378 e. The maximum atomic E-state index is 12.4. The maximum absolute atomic E-state index is 12.4. The molecule has 2 aromatic heterocycles. The minimum atomic E-state index is -4.63. The third kappa shape index (κ3) is 1.39. The molecule has 80 valence electrons. The van der Waals surface area contributed by atoms with Crippen LogP contribution in [0.5, 0.6) is 0 Å². The summed E-state index contributed by atoms with van der Waals surface area (Å²) in [5.74, 6) is 0. The predicted molar refractivity (Wildman–Crippen MR) is 43.5 cm³/mol. The zero-order valence-corrected chi connectivity index (χ0v) is 7.50. The van der Waals surface area contributed by atoms with Crippen molar-refractivity contribution in [2.75, 3.05) is 0 Å². The lowest BCUT2D eigenvalue weighted by Gasteiger charge is -2.07. The van der Waals surface area contributed by atoms with E-state index in [1.165, 1.54) is 6.07 Å². The van der Waals surface area contributed by atoms with Crippen LogP contribution in [-0.4, -0.2) is 9.56 Å². The van der Waals surface area contributed by atoms with Gasteiger partial charge in [-0.1, -0.05) is 0 Å². The normalized spacial score (nSPS) is 12.3. The molecule has 0 aromatic carbocycles. The van der Waals surface area contributed by atoms with Gasteiger partial charge in [0.2, 0.25) is 0 Å². The fourth-order valence-corrected chi connectivity index (χ4v) is 1.24. The monoisotopic (exact) mass is 218 g/mol. The molecule has 0 aliphatic carbocycles. The minimum absolute atomic E-state index is 0.155. The van der Waals surface area contributed by atoms with Crippen molar-refractivity contribution in [3.05, 3.63) is 33.9 Å². The van der Waals surface area contributed by atoms with E-state index in [9.17, 15) is 18.0 Å². The molecule has 2 heterocycles. The first-order chi connectivity index (χ1) is 6.91. The third-order valence-electron chi connectivity index (χ3n) is 1.95. The Bertz CT molecular complexity index is 567. The van der Waals surface area contributed by atoms with Crippen molar-refractivity contribution in [1.29, 1.82) is 0 Å². The Morgan fingerprint density at radius 3 is 2.73 bits per heavy atom. The highest BCUT2D eigenvalue weighted by Crippen LogP contribution is 2.29. The van der Waals surface area contributed by atoms with Crippen molar-refractivity contribution in [3.8, 4) is 0 Å². The fourth-order valence-electron chi connectivity index (χ4n) is 1.24. The lowest BCUT2D eigenvalue weighted by atomic mass is 10.2. The van der Waals surface area contributed by atoms with Gasteiger partial charge in [-0.2, -0.15) is 13.2 Å². The number of fused-ring (bicyclic) bond motifs is 1. The standard InChI is InChI=1S/C8H5F3N2O2/c1-4-6(8(9,10)11)12-5-2-3-15-13(5)7(4)14/h2-3H,1H3. The van der Waals surface area contributed by atoms with Gasteiger partial charge in [0, 0.05) is 11.6 Å². The number of rotatable bonds is 0. The van der Waals surface area contributed by atoms with Crippen LogP contribution in [0.25, 0.3) is 5.65 Å². The predicted octanol–water partition coefficient (Wildman–Crippen LogP) is 1.61. The van der Waals surface area contributed by atoms with Crippen LogP contribution in [0, 0.1) is 6.92 Å². The van der Waals surface area contributed by atoms with Gasteiger partial charge in [0.25, 0.3) is 5.56 Å². The summed E-state index contributed by atoms with van der Waals surface area (Å²) in [6, 6.07) is 1.19. The van der Waals surface area contributed by atoms with Gasteiger partial charge in [-0.25, -0.2) is 4.98 Å². The second kappa shape index (κ2) is 2.85. The van der Waals surface area contributed by atoms with Gasteiger partial charge in [0.1, 0.15) is 6.26 Å². The number of nitrogens with zero attached hydrogens (tertiary/aromatic N) is 2. The summed E-state index contributed by atoms with van der Waals surface area (Å²) in [4.78, 5) is 14.7. The summed E-state index contributed by atoms with van der Waals surface area (Å²) in [6.07, 6.45) is -3.53. The Kier molecular flexibility index (Phi) is 1.85. The highest BCUT2D eigenvalue weighted by molar-refractivity contribution is 5.38. The van der Waals surface area contributed by atoms with E-state index in [0.29, 0.717) is 4.57 Å². The first kappa shape index (κ1) is 9.75. The second-order valence-corrected chi connectivity index (χ2v) is 2.95. The van der Waals surface area contributed by atoms with Gasteiger partial charge in [0.05, 0.1) is 0 Å². The van der Waals surface area contributed by atoms with Crippen LogP contribution in [0.4, 0.5) is 13.2 Å². The molecule has 2 rings (SSSR count). The van der Waals surface area contributed by atoms with E-state index in [-0.39, 0.29) is 5.65 Å². The van der Waals surface area contributed by atoms with Gasteiger partial charge in [-0.3, -0.25) is 4.79 Å². The molecular formula is C8H5F3N2O2. The van der Waals surface area contributed by atoms with Gasteiger partial charge in [-0.15, -0.1) is 4.57 Å². The lowest BCUT2D eigenvalue weighted by Crippen LogP contribution is -2.23. The molecule has 0 bridgehead atoms. The Morgan fingerprint density at radius 2 is 2.13 bits per heavy atom. The number of halogens is 3. The zero-order valence-electron chi connectivity index (χ0n) is 7.50. The second-order valence-electron chi connectivity index (χ2n) is 2.95. The average molecular weight is 218 g/mol. The van der Waals surface area contributed by atoms with E-state index < -0.39 is 23.0 Å². The molecule has 0 N–H and O–H groups in total. The molecule has 0 atom stereocenters. The van der Waals surface area contributed by atoms with Crippen LogP contribution in [0.2, 0.25) is 0 Å². The molecule has 0 saturated heterocycles. The van der Waals surface area contributed by atoms with E-state index in [1.807, 2.05) is 0 Å². The largest absolute Gasteiger partial charge is 0.433 e. The van der Waals surface area contributed by atoms with Crippen LogP contribution in [0.15, 0.2) is 21.6 Å². The van der Waals surface area contributed by atoms with Gasteiger partial charge >= 0.3 is 6.18 Å².